The average molecular weight is 361 g/mol. The Hall–Kier alpha value is -2.45. The van der Waals surface area contributed by atoms with Crippen molar-refractivity contribution in [1.82, 2.24) is 8.87 Å². The van der Waals surface area contributed by atoms with Crippen molar-refractivity contribution in [3.8, 4) is 0 Å². The lowest BCUT2D eigenvalue weighted by Crippen LogP contribution is -2.35. The number of para-hydroxylation sites is 1. The lowest BCUT2D eigenvalue weighted by atomic mass is 10.2. The molecule has 7 nitrogen and oxygen atoms in total. The van der Waals surface area contributed by atoms with E-state index >= 15 is 0 Å². The molecule has 0 aliphatic carbocycles. The van der Waals surface area contributed by atoms with Crippen molar-refractivity contribution in [1.29, 1.82) is 0 Å². The first-order valence-corrected chi connectivity index (χ1v) is 9.26. The molecule has 1 aliphatic rings. The molecule has 25 heavy (non-hydrogen) atoms. The maximum absolute atomic E-state index is 12.6. The molecule has 1 aliphatic heterocycles. The lowest BCUT2D eigenvalue weighted by molar-refractivity contribution is -0.119. The predicted octanol–water partition coefficient (Wildman–Crippen LogP) is 0.688. The number of rotatable bonds is 4. The molecule has 8 heteroatoms. The average Bonchev–Trinajstić information content (AvgIpc) is 3.00. The zero-order valence-electron chi connectivity index (χ0n) is 14.0. The van der Waals surface area contributed by atoms with Crippen LogP contribution in [-0.4, -0.2) is 43.8 Å². The van der Waals surface area contributed by atoms with Gasteiger partial charge in [0.25, 0.3) is 5.56 Å². The van der Waals surface area contributed by atoms with E-state index in [0.29, 0.717) is 6.54 Å². The molecule has 3 rings (SSSR count). The zero-order valence-corrected chi connectivity index (χ0v) is 14.9. The molecule has 1 amide bonds. The molecule has 0 unspecified atom stereocenters. The summed E-state index contributed by atoms with van der Waals surface area (Å²) in [6, 6.07) is 10.0. The minimum absolute atomic E-state index is 0.0216. The first-order valence-electron chi connectivity index (χ1n) is 7.82. The third kappa shape index (κ3) is 3.22. The Kier molecular flexibility index (Phi) is 4.49. The lowest BCUT2D eigenvalue weighted by Gasteiger charge is -2.18. The molecular weight excluding hydrogens is 342 g/mol. The van der Waals surface area contributed by atoms with Crippen molar-refractivity contribution in [2.24, 2.45) is 0 Å². The Morgan fingerprint density at radius 1 is 1.16 bits per heavy atom. The molecule has 0 saturated carbocycles. The molecule has 0 radical (unpaired) electrons. The molecule has 2 heterocycles. The molecule has 132 valence electrons. The van der Waals surface area contributed by atoms with Crippen LogP contribution in [-0.2, 0) is 27.8 Å². The van der Waals surface area contributed by atoms with Crippen molar-refractivity contribution < 1.29 is 13.2 Å². The maximum atomic E-state index is 12.6. The third-order valence-corrected chi connectivity index (χ3v) is 6.03. The highest BCUT2D eigenvalue weighted by Gasteiger charge is 2.25. The standard InChI is InChI=1S/C17H19N3O4S/c1-18(2)25(23,24)14-7-8-16(21)19(11-14)12-17(22)20-10-9-13-5-3-4-6-15(13)20/h3-8,11H,9-10,12H2,1-2H3. The van der Waals surface area contributed by atoms with Crippen LogP contribution < -0.4 is 10.5 Å². The van der Waals surface area contributed by atoms with Gasteiger partial charge < -0.3 is 9.47 Å². The number of benzene rings is 1. The van der Waals surface area contributed by atoms with Crippen molar-refractivity contribution >= 4 is 21.6 Å². The first-order chi connectivity index (χ1) is 11.8. The van der Waals surface area contributed by atoms with Crippen molar-refractivity contribution in [3.63, 3.8) is 0 Å². The van der Waals surface area contributed by atoms with Crippen LogP contribution in [0.4, 0.5) is 5.69 Å². The van der Waals surface area contributed by atoms with Crippen LogP contribution in [0.5, 0.6) is 0 Å². The van der Waals surface area contributed by atoms with E-state index in [1.54, 1.807) is 4.90 Å². The Labute approximate surface area is 146 Å². The number of amides is 1. The summed E-state index contributed by atoms with van der Waals surface area (Å²) in [5.74, 6) is -0.244. The van der Waals surface area contributed by atoms with Gasteiger partial charge in [-0.25, -0.2) is 12.7 Å². The van der Waals surface area contributed by atoms with E-state index in [9.17, 15) is 18.0 Å². The van der Waals surface area contributed by atoms with Gasteiger partial charge in [-0.15, -0.1) is 0 Å². The quantitative estimate of drug-likeness (QED) is 0.802. The molecule has 2 aromatic rings. The summed E-state index contributed by atoms with van der Waals surface area (Å²) in [6.45, 7) is 0.354. The van der Waals surface area contributed by atoms with Gasteiger partial charge in [0.15, 0.2) is 0 Å². The van der Waals surface area contributed by atoms with Gasteiger partial charge in [0.1, 0.15) is 6.54 Å². The number of sulfonamides is 1. The van der Waals surface area contributed by atoms with E-state index in [1.807, 2.05) is 24.3 Å². The number of carbonyl (C=O) groups is 1. The normalized spacial score (nSPS) is 14.0. The van der Waals surface area contributed by atoms with Crippen molar-refractivity contribution in [2.45, 2.75) is 17.9 Å². The smallest absolute Gasteiger partial charge is 0.251 e. The maximum Gasteiger partial charge on any atom is 0.251 e. The summed E-state index contributed by atoms with van der Waals surface area (Å²) >= 11 is 0. The number of pyridine rings is 1. The second-order valence-electron chi connectivity index (χ2n) is 6.04. The monoisotopic (exact) mass is 361 g/mol. The summed E-state index contributed by atoms with van der Waals surface area (Å²) < 4.78 is 26.6. The summed E-state index contributed by atoms with van der Waals surface area (Å²) in [4.78, 5) is 26.3. The minimum Gasteiger partial charge on any atom is -0.310 e. The van der Waals surface area contributed by atoms with Gasteiger partial charge in [-0.1, -0.05) is 18.2 Å². The Bertz CT molecular complexity index is 979. The molecule has 0 fully saturated rings. The van der Waals surface area contributed by atoms with Gasteiger partial charge in [-0.3, -0.25) is 9.59 Å². The second kappa shape index (κ2) is 6.45. The highest BCUT2D eigenvalue weighted by atomic mass is 32.2. The van der Waals surface area contributed by atoms with Crippen LogP contribution in [0.2, 0.25) is 0 Å². The number of anilines is 1. The molecular formula is C17H19N3O4S. The van der Waals surface area contributed by atoms with E-state index in [2.05, 4.69) is 0 Å². The number of aromatic nitrogens is 1. The van der Waals surface area contributed by atoms with E-state index in [4.69, 9.17) is 0 Å². The molecule has 0 atom stereocenters. The highest BCUT2D eigenvalue weighted by Crippen LogP contribution is 2.27. The number of hydrogen-bond donors (Lipinski definition) is 0. The van der Waals surface area contributed by atoms with Crippen LogP contribution in [0.1, 0.15) is 5.56 Å². The molecule has 0 spiro atoms. The molecule has 1 aromatic carbocycles. The summed E-state index contributed by atoms with van der Waals surface area (Å²) in [6.07, 6.45) is 1.99. The van der Waals surface area contributed by atoms with E-state index in [0.717, 1.165) is 26.5 Å². The largest absolute Gasteiger partial charge is 0.310 e. The van der Waals surface area contributed by atoms with Crippen LogP contribution >= 0.6 is 0 Å². The van der Waals surface area contributed by atoms with Crippen molar-refractivity contribution in [2.75, 3.05) is 25.5 Å². The molecule has 0 N–H and O–H groups in total. The number of carbonyl (C=O) groups excluding carboxylic acids is 1. The second-order valence-corrected chi connectivity index (χ2v) is 8.19. The van der Waals surface area contributed by atoms with Gasteiger partial charge in [0.05, 0.1) is 4.90 Å². The number of hydrogen-bond acceptors (Lipinski definition) is 4. The summed E-state index contributed by atoms with van der Waals surface area (Å²) in [5.41, 5.74) is 1.52. The van der Waals surface area contributed by atoms with Crippen molar-refractivity contribution in [3.05, 3.63) is 58.5 Å². The first kappa shape index (κ1) is 17.4. The molecule has 0 saturated heterocycles. The van der Waals surface area contributed by atoms with E-state index in [1.165, 1.54) is 32.4 Å². The highest BCUT2D eigenvalue weighted by molar-refractivity contribution is 7.89. The fraction of sp³-hybridized carbons (Fsp3) is 0.294. The topological polar surface area (TPSA) is 79.7 Å². The van der Waals surface area contributed by atoms with Crippen LogP contribution in [0.15, 0.2) is 52.3 Å². The van der Waals surface area contributed by atoms with E-state index < -0.39 is 15.6 Å². The van der Waals surface area contributed by atoms with Gasteiger partial charge in [-0.05, 0) is 24.1 Å². The fourth-order valence-electron chi connectivity index (χ4n) is 2.82. The van der Waals surface area contributed by atoms with Crippen LogP contribution in [0.25, 0.3) is 0 Å². The van der Waals surface area contributed by atoms with Crippen LogP contribution in [0.3, 0.4) is 0 Å². The Morgan fingerprint density at radius 2 is 1.88 bits per heavy atom. The van der Waals surface area contributed by atoms with E-state index in [-0.39, 0.29) is 17.3 Å². The molecule has 0 bridgehead atoms. The van der Waals surface area contributed by atoms with Gasteiger partial charge in [0.2, 0.25) is 15.9 Å². The predicted molar refractivity (Wildman–Crippen MR) is 94.1 cm³/mol. The zero-order chi connectivity index (χ0) is 18.2. The molecule has 1 aromatic heterocycles. The SMILES string of the molecule is CN(C)S(=O)(=O)c1ccc(=O)n(CC(=O)N2CCc3ccccc32)c1. The van der Waals surface area contributed by atoms with Gasteiger partial charge in [0, 0.05) is 38.6 Å². The number of fused-ring (bicyclic) bond motifs is 1. The summed E-state index contributed by atoms with van der Waals surface area (Å²) in [5, 5.41) is 0. The third-order valence-electron chi connectivity index (χ3n) is 4.23. The van der Waals surface area contributed by atoms with Gasteiger partial charge >= 0.3 is 0 Å². The fourth-order valence-corrected chi connectivity index (χ4v) is 3.75. The number of nitrogens with zero attached hydrogens (tertiary/aromatic N) is 3. The summed E-state index contributed by atoms with van der Waals surface area (Å²) in [7, 11) is -0.843. The Balaban J connectivity index is 1.89. The minimum atomic E-state index is -3.67. The van der Waals surface area contributed by atoms with Crippen LogP contribution in [0, 0.1) is 0 Å². The van der Waals surface area contributed by atoms with Gasteiger partial charge in [-0.2, -0.15) is 0 Å². The Morgan fingerprint density at radius 3 is 2.60 bits per heavy atom.